The SMILES string of the molecule is Cc1cc(C)c2c(c1)C(NC1CC1)CS2(=O)=O. The monoisotopic (exact) mass is 251 g/mol. The molecule has 1 aromatic carbocycles. The number of aryl methyl sites for hydroxylation is 2. The first-order valence-electron chi connectivity index (χ1n) is 6.07. The van der Waals surface area contributed by atoms with E-state index in [1.54, 1.807) is 0 Å². The molecule has 2 aliphatic rings. The zero-order chi connectivity index (χ0) is 12.2. The van der Waals surface area contributed by atoms with Gasteiger partial charge >= 0.3 is 0 Å². The topological polar surface area (TPSA) is 46.2 Å². The minimum atomic E-state index is -3.08. The molecule has 1 unspecified atom stereocenters. The molecule has 3 rings (SSSR count). The Morgan fingerprint density at radius 3 is 2.59 bits per heavy atom. The first-order valence-corrected chi connectivity index (χ1v) is 7.72. The van der Waals surface area contributed by atoms with E-state index in [0.29, 0.717) is 10.9 Å². The van der Waals surface area contributed by atoms with Gasteiger partial charge in [0.2, 0.25) is 0 Å². The lowest BCUT2D eigenvalue weighted by Crippen LogP contribution is -2.24. The zero-order valence-corrected chi connectivity index (χ0v) is 11.0. The van der Waals surface area contributed by atoms with Crippen LogP contribution in [-0.2, 0) is 9.84 Å². The molecule has 0 amide bonds. The molecule has 1 atom stereocenters. The van der Waals surface area contributed by atoms with Crippen molar-refractivity contribution in [1.82, 2.24) is 5.32 Å². The Hall–Kier alpha value is -0.870. The van der Waals surface area contributed by atoms with Gasteiger partial charge in [-0.25, -0.2) is 8.42 Å². The summed E-state index contributed by atoms with van der Waals surface area (Å²) < 4.78 is 24.3. The van der Waals surface area contributed by atoms with Crippen LogP contribution in [0.3, 0.4) is 0 Å². The van der Waals surface area contributed by atoms with Crippen molar-refractivity contribution in [3.8, 4) is 0 Å². The third kappa shape index (κ3) is 1.89. The molecule has 0 aromatic heterocycles. The third-order valence-corrected chi connectivity index (χ3v) is 5.49. The van der Waals surface area contributed by atoms with Gasteiger partial charge in [-0.1, -0.05) is 17.7 Å². The molecule has 92 valence electrons. The largest absolute Gasteiger partial charge is 0.306 e. The van der Waals surface area contributed by atoms with Crippen molar-refractivity contribution in [3.05, 3.63) is 28.8 Å². The maximum absolute atomic E-state index is 12.2. The van der Waals surface area contributed by atoms with E-state index in [1.807, 2.05) is 26.0 Å². The number of fused-ring (bicyclic) bond motifs is 1. The molecular weight excluding hydrogens is 234 g/mol. The maximum Gasteiger partial charge on any atom is 0.180 e. The first kappa shape index (κ1) is 11.2. The van der Waals surface area contributed by atoms with Crippen LogP contribution in [0.4, 0.5) is 0 Å². The van der Waals surface area contributed by atoms with Crippen molar-refractivity contribution in [1.29, 1.82) is 0 Å². The van der Waals surface area contributed by atoms with Crippen LogP contribution < -0.4 is 5.32 Å². The van der Waals surface area contributed by atoms with E-state index < -0.39 is 9.84 Å². The summed E-state index contributed by atoms with van der Waals surface area (Å²) in [5.41, 5.74) is 3.01. The van der Waals surface area contributed by atoms with Crippen molar-refractivity contribution in [3.63, 3.8) is 0 Å². The van der Waals surface area contributed by atoms with Gasteiger partial charge in [0.05, 0.1) is 10.6 Å². The van der Waals surface area contributed by atoms with Crippen LogP contribution in [0.15, 0.2) is 17.0 Å². The van der Waals surface area contributed by atoms with Gasteiger partial charge in [-0.2, -0.15) is 0 Å². The summed E-state index contributed by atoms with van der Waals surface area (Å²) in [7, 11) is -3.08. The number of sulfone groups is 1. The molecule has 1 saturated carbocycles. The summed E-state index contributed by atoms with van der Waals surface area (Å²) in [6.45, 7) is 3.91. The summed E-state index contributed by atoms with van der Waals surface area (Å²) in [5.74, 6) is 0.225. The standard InChI is InChI=1S/C13H17NO2S/c1-8-5-9(2)13-11(6-8)12(7-17(13,15)16)14-10-3-4-10/h5-6,10,12,14H,3-4,7H2,1-2H3. The fraction of sp³-hybridized carbons (Fsp3) is 0.538. The van der Waals surface area contributed by atoms with E-state index in [1.165, 1.54) is 12.8 Å². The second-order valence-corrected chi connectivity index (χ2v) is 7.25. The molecule has 0 radical (unpaired) electrons. The number of hydrogen-bond donors (Lipinski definition) is 1. The molecule has 3 nitrogen and oxygen atoms in total. The second-order valence-electron chi connectivity index (χ2n) is 5.28. The fourth-order valence-electron chi connectivity index (χ4n) is 2.74. The van der Waals surface area contributed by atoms with Crippen molar-refractivity contribution in [2.45, 2.75) is 43.7 Å². The van der Waals surface area contributed by atoms with E-state index >= 15 is 0 Å². The molecule has 1 fully saturated rings. The maximum atomic E-state index is 12.2. The van der Waals surface area contributed by atoms with Crippen LogP contribution in [-0.4, -0.2) is 20.2 Å². The van der Waals surface area contributed by atoms with E-state index in [0.717, 1.165) is 16.7 Å². The van der Waals surface area contributed by atoms with E-state index in [2.05, 4.69) is 5.32 Å². The molecule has 0 bridgehead atoms. The average molecular weight is 251 g/mol. The number of rotatable bonds is 2. The summed E-state index contributed by atoms with van der Waals surface area (Å²) in [6, 6.07) is 4.51. The Kier molecular flexibility index (Phi) is 2.35. The highest BCUT2D eigenvalue weighted by Gasteiger charge is 2.38. The minimum Gasteiger partial charge on any atom is -0.306 e. The quantitative estimate of drug-likeness (QED) is 0.873. The summed E-state index contributed by atoms with van der Waals surface area (Å²) >= 11 is 0. The second kappa shape index (κ2) is 3.56. The van der Waals surface area contributed by atoms with Gasteiger partial charge in [0.15, 0.2) is 9.84 Å². The Balaban J connectivity index is 2.11. The van der Waals surface area contributed by atoms with Crippen molar-refractivity contribution in [2.24, 2.45) is 0 Å². The van der Waals surface area contributed by atoms with Crippen LogP contribution in [0.5, 0.6) is 0 Å². The number of hydrogen-bond acceptors (Lipinski definition) is 3. The minimum absolute atomic E-state index is 0.00102. The molecule has 1 heterocycles. The lowest BCUT2D eigenvalue weighted by molar-refractivity contribution is 0.564. The molecule has 1 N–H and O–H groups in total. The van der Waals surface area contributed by atoms with E-state index in [4.69, 9.17) is 0 Å². The molecular formula is C13H17NO2S. The number of nitrogens with one attached hydrogen (secondary N) is 1. The van der Waals surface area contributed by atoms with Gasteiger partial charge in [0.25, 0.3) is 0 Å². The van der Waals surface area contributed by atoms with E-state index in [-0.39, 0.29) is 11.8 Å². The Bertz CT molecular complexity index is 573. The van der Waals surface area contributed by atoms with Gasteiger partial charge in [-0.15, -0.1) is 0 Å². The molecule has 0 saturated heterocycles. The Morgan fingerprint density at radius 1 is 1.24 bits per heavy atom. The van der Waals surface area contributed by atoms with Gasteiger partial charge in [0.1, 0.15) is 0 Å². The van der Waals surface area contributed by atoms with E-state index in [9.17, 15) is 8.42 Å². The average Bonchev–Trinajstić information content (AvgIpc) is 2.93. The number of benzene rings is 1. The lowest BCUT2D eigenvalue weighted by Gasteiger charge is -2.12. The first-order chi connectivity index (χ1) is 7.97. The predicted octanol–water partition coefficient (Wildman–Crippen LogP) is 1.88. The molecule has 1 aromatic rings. The Morgan fingerprint density at radius 2 is 1.94 bits per heavy atom. The molecule has 17 heavy (non-hydrogen) atoms. The highest BCUT2D eigenvalue weighted by molar-refractivity contribution is 7.91. The molecule has 0 spiro atoms. The highest BCUT2D eigenvalue weighted by Crippen LogP contribution is 2.38. The molecule has 1 aliphatic carbocycles. The lowest BCUT2D eigenvalue weighted by atomic mass is 10.0. The summed E-state index contributed by atoms with van der Waals surface area (Å²) in [4.78, 5) is 0.571. The van der Waals surface area contributed by atoms with Crippen molar-refractivity contribution < 1.29 is 8.42 Å². The fourth-order valence-corrected chi connectivity index (χ4v) is 4.73. The summed E-state index contributed by atoms with van der Waals surface area (Å²) in [5, 5.41) is 3.44. The predicted molar refractivity (Wildman–Crippen MR) is 66.9 cm³/mol. The van der Waals surface area contributed by atoms with Gasteiger partial charge in [0, 0.05) is 12.1 Å². The van der Waals surface area contributed by atoms with Crippen LogP contribution in [0, 0.1) is 13.8 Å². The van der Waals surface area contributed by atoms with Crippen LogP contribution >= 0.6 is 0 Å². The van der Waals surface area contributed by atoms with Crippen molar-refractivity contribution >= 4 is 9.84 Å². The van der Waals surface area contributed by atoms with Gasteiger partial charge in [-0.05, 0) is 37.8 Å². The summed E-state index contributed by atoms with van der Waals surface area (Å²) in [6.07, 6.45) is 2.35. The zero-order valence-electron chi connectivity index (χ0n) is 10.2. The smallest absolute Gasteiger partial charge is 0.180 e. The van der Waals surface area contributed by atoms with Crippen LogP contribution in [0.2, 0.25) is 0 Å². The van der Waals surface area contributed by atoms with Gasteiger partial charge < -0.3 is 5.32 Å². The molecule has 4 heteroatoms. The van der Waals surface area contributed by atoms with Crippen molar-refractivity contribution in [2.75, 3.05) is 5.75 Å². The van der Waals surface area contributed by atoms with Crippen LogP contribution in [0.25, 0.3) is 0 Å². The third-order valence-electron chi connectivity index (χ3n) is 3.53. The Labute approximate surface area is 102 Å². The highest BCUT2D eigenvalue weighted by atomic mass is 32.2. The molecule has 1 aliphatic heterocycles. The normalized spacial score (nSPS) is 25.9. The van der Waals surface area contributed by atoms with Gasteiger partial charge in [-0.3, -0.25) is 0 Å². The van der Waals surface area contributed by atoms with Crippen LogP contribution in [0.1, 0.15) is 35.6 Å².